The molecule has 2 aliphatic heterocycles. The summed E-state index contributed by atoms with van der Waals surface area (Å²) < 4.78 is 19.3. The van der Waals surface area contributed by atoms with Crippen molar-refractivity contribution in [3.8, 4) is 0 Å². The summed E-state index contributed by atoms with van der Waals surface area (Å²) in [6.07, 6.45) is 0.379. The van der Waals surface area contributed by atoms with Crippen molar-refractivity contribution in [2.45, 2.75) is 38.5 Å². The number of piperazine rings is 1. The first-order valence-electron chi connectivity index (χ1n) is 7.31. The van der Waals surface area contributed by atoms with E-state index in [4.69, 9.17) is 4.74 Å². The molecule has 3 rings (SSSR count). The number of halogens is 1. The summed E-state index contributed by atoms with van der Waals surface area (Å²) >= 11 is 0. The Morgan fingerprint density at radius 3 is 2.59 bits per heavy atom. The van der Waals surface area contributed by atoms with E-state index in [1.807, 2.05) is 25.7 Å². The summed E-state index contributed by atoms with van der Waals surface area (Å²) in [7, 11) is 0. The van der Waals surface area contributed by atoms with Gasteiger partial charge < -0.3 is 9.64 Å². The fourth-order valence-electron chi connectivity index (χ4n) is 2.88. The van der Waals surface area contributed by atoms with E-state index in [2.05, 4.69) is 0 Å². The fraction of sp³-hybridized carbons (Fsp3) is 0.500. The van der Waals surface area contributed by atoms with Gasteiger partial charge in [-0.15, -0.1) is 0 Å². The van der Waals surface area contributed by atoms with Gasteiger partial charge in [-0.25, -0.2) is 9.18 Å². The van der Waals surface area contributed by atoms with Crippen LogP contribution in [-0.2, 0) is 4.74 Å². The Morgan fingerprint density at radius 2 is 2.05 bits per heavy atom. The van der Waals surface area contributed by atoms with Crippen molar-refractivity contribution in [1.82, 2.24) is 4.90 Å². The molecule has 1 aromatic carbocycles. The minimum atomic E-state index is -0.518. The second-order valence-electron chi connectivity index (χ2n) is 6.75. The molecule has 0 saturated carbocycles. The molecule has 1 aromatic rings. The maximum Gasteiger partial charge on any atom is 0.410 e. The second-order valence-corrected chi connectivity index (χ2v) is 6.75. The van der Waals surface area contributed by atoms with Crippen LogP contribution in [0, 0.1) is 5.82 Å². The van der Waals surface area contributed by atoms with Crippen LogP contribution < -0.4 is 4.90 Å². The average Bonchev–Trinajstić information content (AvgIpc) is 2.40. The third kappa shape index (κ3) is 2.42. The zero-order chi connectivity index (χ0) is 16.1. The summed E-state index contributed by atoms with van der Waals surface area (Å²) in [5.41, 5.74) is 0.355. The van der Waals surface area contributed by atoms with E-state index in [0.29, 0.717) is 30.6 Å². The zero-order valence-corrected chi connectivity index (χ0v) is 12.9. The highest BCUT2D eigenvalue weighted by Crippen LogP contribution is 2.39. The molecule has 2 atom stereocenters. The summed E-state index contributed by atoms with van der Waals surface area (Å²) in [5.74, 6) is -0.347. The van der Waals surface area contributed by atoms with Crippen molar-refractivity contribution in [3.05, 3.63) is 29.6 Å². The molecule has 1 amide bonds. The number of benzene rings is 1. The minimum absolute atomic E-state index is 0.0640. The lowest BCUT2D eigenvalue weighted by Crippen LogP contribution is -2.80. The van der Waals surface area contributed by atoms with Crippen molar-refractivity contribution < 1.29 is 18.7 Å². The number of hydrogen-bond donors (Lipinski definition) is 0. The van der Waals surface area contributed by atoms with E-state index in [0.717, 1.165) is 0 Å². The molecule has 2 heterocycles. The maximum atomic E-state index is 13.9. The van der Waals surface area contributed by atoms with Gasteiger partial charge in [-0.2, -0.15) is 0 Å². The van der Waals surface area contributed by atoms with E-state index in [-0.39, 0.29) is 24.0 Å². The first-order valence-corrected chi connectivity index (χ1v) is 7.31. The molecule has 5 nitrogen and oxygen atoms in total. The smallest absolute Gasteiger partial charge is 0.410 e. The average molecular weight is 306 g/mol. The lowest BCUT2D eigenvalue weighted by molar-refractivity contribution is -0.0311. The molecule has 0 aromatic heterocycles. The molecule has 22 heavy (non-hydrogen) atoms. The van der Waals surface area contributed by atoms with Gasteiger partial charge in [-0.05, 0) is 39.0 Å². The van der Waals surface area contributed by atoms with E-state index >= 15 is 0 Å². The van der Waals surface area contributed by atoms with Crippen LogP contribution in [0.5, 0.6) is 0 Å². The number of anilines is 1. The third-order valence-electron chi connectivity index (χ3n) is 4.06. The van der Waals surface area contributed by atoms with Crippen LogP contribution in [0.2, 0.25) is 0 Å². The number of hydrogen-bond acceptors (Lipinski definition) is 4. The predicted octanol–water partition coefficient (Wildman–Crippen LogP) is 2.45. The van der Waals surface area contributed by atoms with Crippen molar-refractivity contribution in [3.63, 3.8) is 0 Å². The molecule has 1 unspecified atom stereocenters. The number of carbonyl (C=O) groups excluding carboxylic acids is 2. The number of rotatable bonds is 2. The SMILES string of the molecule is CC(C)(C)OC(=O)N1CC2[C@H]1CN2c1cc(C=O)ccc1F. The lowest BCUT2D eigenvalue weighted by Gasteiger charge is -2.62. The normalized spacial score (nSPS) is 23.3. The second kappa shape index (κ2) is 4.97. The number of carbonyl (C=O) groups is 2. The molecule has 2 saturated heterocycles. The monoisotopic (exact) mass is 306 g/mol. The van der Waals surface area contributed by atoms with Gasteiger partial charge >= 0.3 is 6.09 Å². The van der Waals surface area contributed by atoms with Gasteiger partial charge in [0.05, 0.1) is 17.8 Å². The van der Waals surface area contributed by atoms with Gasteiger partial charge in [0, 0.05) is 18.7 Å². The van der Waals surface area contributed by atoms with Gasteiger partial charge in [0.25, 0.3) is 0 Å². The van der Waals surface area contributed by atoms with E-state index in [1.165, 1.54) is 12.1 Å². The first-order chi connectivity index (χ1) is 10.3. The molecule has 6 heteroatoms. The quantitative estimate of drug-likeness (QED) is 0.788. The van der Waals surface area contributed by atoms with Crippen molar-refractivity contribution in [1.29, 1.82) is 0 Å². The molecule has 118 valence electrons. The highest BCUT2D eigenvalue weighted by atomic mass is 19.1. The predicted molar refractivity (Wildman–Crippen MR) is 79.6 cm³/mol. The van der Waals surface area contributed by atoms with Crippen LogP contribution in [-0.4, -0.2) is 48.1 Å². The molecule has 0 N–H and O–H groups in total. The fourth-order valence-corrected chi connectivity index (χ4v) is 2.88. The number of ether oxygens (including phenoxy) is 1. The van der Waals surface area contributed by atoms with Crippen LogP contribution in [0.4, 0.5) is 14.9 Å². The number of likely N-dealkylation sites (tertiary alicyclic amines) is 1. The van der Waals surface area contributed by atoms with Gasteiger partial charge in [0.15, 0.2) is 0 Å². The van der Waals surface area contributed by atoms with E-state index < -0.39 is 5.60 Å². The molecule has 0 bridgehead atoms. The molecule has 0 aliphatic carbocycles. The topological polar surface area (TPSA) is 49.9 Å². The maximum absolute atomic E-state index is 13.9. The lowest BCUT2D eigenvalue weighted by atomic mass is 9.85. The molecule has 0 radical (unpaired) electrons. The highest BCUT2D eigenvalue weighted by Gasteiger charge is 2.55. The minimum Gasteiger partial charge on any atom is -0.444 e. The van der Waals surface area contributed by atoms with Crippen LogP contribution in [0.1, 0.15) is 31.1 Å². The van der Waals surface area contributed by atoms with Crippen LogP contribution in [0.25, 0.3) is 0 Å². The Hall–Kier alpha value is -2.11. The largest absolute Gasteiger partial charge is 0.444 e. The van der Waals surface area contributed by atoms with Gasteiger partial charge in [0.2, 0.25) is 0 Å². The molecule has 0 spiro atoms. The molecular formula is C16H19FN2O3. The van der Waals surface area contributed by atoms with Crippen molar-refractivity contribution in [2.75, 3.05) is 18.0 Å². The summed E-state index contributed by atoms with van der Waals surface area (Å²) in [4.78, 5) is 26.4. The van der Waals surface area contributed by atoms with E-state index in [9.17, 15) is 14.0 Å². The van der Waals surface area contributed by atoms with Crippen LogP contribution in [0.3, 0.4) is 0 Å². The molecular weight excluding hydrogens is 287 g/mol. The van der Waals surface area contributed by atoms with Gasteiger partial charge in [0.1, 0.15) is 17.7 Å². The Balaban J connectivity index is 1.65. The van der Waals surface area contributed by atoms with Gasteiger partial charge in [-0.1, -0.05) is 0 Å². The summed E-state index contributed by atoms with van der Waals surface area (Å²) in [6.45, 7) is 6.56. The number of aldehydes is 1. The number of nitrogens with zero attached hydrogens (tertiary/aromatic N) is 2. The third-order valence-corrected chi connectivity index (χ3v) is 4.06. The Kier molecular flexibility index (Phi) is 3.34. The number of fused-ring (bicyclic) bond motifs is 1. The van der Waals surface area contributed by atoms with E-state index in [1.54, 1.807) is 11.0 Å². The van der Waals surface area contributed by atoms with Crippen molar-refractivity contribution >= 4 is 18.1 Å². The summed E-state index contributed by atoms with van der Waals surface area (Å²) in [6, 6.07) is 4.47. The highest BCUT2D eigenvalue weighted by molar-refractivity contribution is 5.78. The zero-order valence-electron chi connectivity index (χ0n) is 12.9. The Bertz CT molecular complexity index is 626. The molecule has 2 aliphatic rings. The van der Waals surface area contributed by atoms with Gasteiger partial charge in [-0.3, -0.25) is 9.69 Å². The first kappa shape index (κ1) is 14.8. The Morgan fingerprint density at radius 1 is 1.32 bits per heavy atom. The Labute approximate surface area is 128 Å². The molecule has 2 fully saturated rings. The standard InChI is InChI=1S/C16H19FN2O3/c1-16(2,3)22-15(21)19-8-13-14(19)7-18(13)12-6-10(9-20)4-5-11(12)17/h4-6,9,13-14H,7-8H2,1-3H3/t13?,14-/m1/s1. The van der Waals surface area contributed by atoms with Crippen LogP contribution >= 0.6 is 0 Å². The number of amides is 1. The van der Waals surface area contributed by atoms with Crippen molar-refractivity contribution in [2.24, 2.45) is 0 Å². The van der Waals surface area contributed by atoms with Crippen LogP contribution in [0.15, 0.2) is 18.2 Å². The summed E-state index contributed by atoms with van der Waals surface area (Å²) in [5, 5.41) is 0.